The highest BCUT2D eigenvalue weighted by molar-refractivity contribution is 7.10. The van der Waals surface area contributed by atoms with Crippen molar-refractivity contribution in [2.45, 2.75) is 38.1 Å². The molecule has 2 N–H and O–H groups in total. The average Bonchev–Trinajstić information content (AvgIpc) is 3.04. The quantitative estimate of drug-likeness (QED) is 0.870. The summed E-state index contributed by atoms with van der Waals surface area (Å²) in [6.07, 6.45) is 5.82. The number of piperidine rings is 2. The average molecular weight is 339 g/mol. The molecule has 0 unspecified atom stereocenters. The fourth-order valence-corrected chi connectivity index (χ4v) is 3.86. The van der Waals surface area contributed by atoms with Gasteiger partial charge in [0.25, 0.3) is 0 Å². The van der Waals surface area contributed by atoms with E-state index in [-0.39, 0.29) is 16.7 Å². The summed E-state index contributed by atoms with van der Waals surface area (Å²) in [5.74, 6) is -1.18. The first kappa shape index (κ1) is 16.1. The molecular formula is C14H21N5O3S. The van der Waals surface area contributed by atoms with E-state index in [0.717, 1.165) is 24.4 Å². The van der Waals surface area contributed by atoms with Crippen LogP contribution in [0.1, 0.15) is 42.6 Å². The number of carbonyl (C=O) groups is 2. The van der Waals surface area contributed by atoms with E-state index in [1.165, 1.54) is 32.4 Å². The highest BCUT2D eigenvalue weighted by atomic mass is 32.1. The maximum Gasteiger partial charge on any atom is 0.359 e. The summed E-state index contributed by atoms with van der Waals surface area (Å²) in [7, 11) is 0. The summed E-state index contributed by atoms with van der Waals surface area (Å²) in [6.45, 7) is 3.74. The van der Waals surface area contributed by atoms with E-state index in [9.17, 15) is 9.59 Å². The molecule has 0 bridgehead atoms. The Kier molecular flexibility index (Phi) is 5.06. The van der Waals surface area contributed by atoms with Crippen molar-refractivity contribution in [3.05, 3.63) is 5.69 Å². The normalized spacial score (nSPS) is 20.4. The molecule has 23 heavy (non-hydrogen) atoms. The minimum Gasteiger partial charge on any atom is -0.476 e. The van der Waals surface area contributed by atoms with Gasteiger partial charge in [-0.1, -0.05) is 10.9 Å². The molecule has 0 aromatic carbocycles. The van der Waals surface area contributed by atoms with Crippen LogP contribution < -0.4 is 5.32 Å². The van der Waals surface area contributed by atoms with Crippen molar-refractivity contribution < 1.29 is 14.7 Å². The van der Waals surface area contributed by atoms with Gasteiger partial charge in [-0.15, -0.1) is 5.10 Å². The molecular weight excluding hydrogens is 318 g/mol. The molecule has 126 valence electrons. The molecule has 2 saturated heterocycles. The van der Waals surface area contributed by atoms with Gasteiger partial charge in [0, 0.05) is 30.7 Å². The van der Waals surface area contributed by atoms with Gasteiger partial charge in [-0.3, -0.25) is 5.32 Å². The van der Waals surface area contributed by atoms with E-state index in [1.54, 1.807) is 4.90 Å². The number of likely N-dealkylation sites (tertiary alicyclic amines) is 2. The third kappa shape index (κ3) is 3.78. The summed E-state index contributed by atoms with van der Waals surface area (Å²) in [6, 6.07) is 0.301. The number of carboxylic acids is 1. The van der Waals surface area contributed by atoms with Crippen LogP contribution in [0.3, 0.4) is 0 Å². The predicted octanol–water partition coefficient (Wildman–Crippen LogP) is 1.72. The Bertz CT molecular complexity index is 565. The zero-order valence-electron chi connectivity index (χ0n) is 12.9. The molecule has 0 saturated carbocycles. The molecule has 2 fully saturated rings. The highest BCUT2D eigenvalue weighted by Gasteiger charge is 2.28. The number of carbonyl (C=O) groups excluding carboxylic acids is 1. The lowest BCUT2D eigenvalue weighted by Gasteiger charge is -2.40. The SMILES string of the molecule is O=C(O)c1nnsc1NC(=O)N1CCC(N2CCCCC2)CC1. The van der Waals surface area contributed by atoms with E-state index in [2.05, 4.69) is 19.8 Å². The van der Waals surface area contributed by atoms with Gasteiger partial charge in [0.15, 0.2) is 5.00 Å². The van der Waals surface area contributed by atoms with Gasteiger partial charge in [0.05, 0.1) is 0 Å². The van der Waals surface area contributed by atoms with Crippen LogP contribution in [-0.2, 0) is 0 Å². The number of anilines is 1. The lowest BCUT2D eigenvalue weighted by atomic mass is 10.0. The summed E-state index contributed by atoms with van der Waals surface area (Å²) >= 11 is 0.885. The zero-order valence-corrected chi connectivity index (χ0v) is 13.7. The number of amides is 2. The molecule has 2 aliphatic rings. The van der Waals surface area contributed by atoms with E-state index in [0.29, 0.717) is 19.1 Å². The second kappa shape index (κ2) is 7.22. The first-order valence-corrected chi connectivity index (χ1v) is 8.78. The number of hydrogen-bond donors (Lipinski definition) is 2. The second-order valence-corrected chi connectivity index (χ2v) is 6.75. The van der Waals surface area contributed by atoms with Gasteiger partial charge in [-0.2, -0.15) is 0 Å². The molecule has 0 aliphatic carbocycles. The largest absolute Gasteiger partial charge is 0.476 e. The Hall–Kier alpha value is -1.74. The van der Waals surface area contributed by atoms with Gasteiger partial charge in [0.1, 0.15) is 0 Å². The van der Waals surface area contributed by atoms with Gasteiger partial charge in [-0.05, 0) is 38.8 Å². The fourth-order valence-electron chi connectivity index (χ4n) is 3.31. The third-order valence-corrected chi connectivity index (χ3v) is 5.21. The molecule has 1 aromatic rings. The Labute approximate surface area is 138 Å². The number of aromatic carboxylic acids is 1. The number of nitrogens with zero attached hydrogens (tertiary/aromatic N) is 4. The van der Waals surface area contributed by atoms with Crippen molar-refractivity contribution in [2.75, 3.05) is 31.5 Å². The molecule has 3 rings (SSSR count). The summed E-state index contributed by atoms with van der Waals surface area (Å²) in [5, 5.41) is 15.3. The molecule has 0 atom stereocenters. The topological polar surface area (TPSA) is 98.7 Å². The van der Waals surface area contributed by atoms with E-state index in [4.69, 9.17) is 5.11 Å². The number of nitrogens with one attached hydrogen (secondary N) is 1. The standard InChI is InChI=1S/C14H21N5O3S/c20-13(21)11-12(23-17-16-11)15-14(22)19-8-4-10(5-9-19)18-6-2-1-3-7-18/h10H,1-9H2,(H,15,22)(H,20,21). The van der Waals surface area contributed by atoms with Gasteiger partial charge < -0.3 is 14.9 Å². The molecule has 3 heterocycles. The van der Waals surface area contributed by atoms with Crippen LogP contribution >= 0.6 is 11.5 Å². The van der Waals surface area contributed by atoms with Crippen molar-refractivity contribution in [1.29, 1.82) is 0 Å². The smallest absolute Gasteiger partial charge is 0.359 e. The number of hydrogen-bond acceptors (Lipinski definition) is 6. The highest BCUT2D eigenvalue weighted by Crippen LogP contribution is 2.22. The van der Waals surface area contributed by atoms with Crippen LogP contribution in [0.25, 0.3) is 0 Å². The predicted molar refractivity (Wildman–Crippen MR) is 85.9 cm³/mol. The van der Waals surface area contributed by atoms with Crippen molar-refractivity contribution in [3.63, 3.8) is 0 Å². The lowest BCUT2D eigenvalue weighted by molar-refractivity contribution is 0.0691. The third-order valence-electron chi connectivity index (χ3n) is 4.57. The number of carboxylic acid groups (broad SMARTS) is 1. The Morgan fingerprint density at radius 2 is 1.83 bits per heavy atom. The number of aromatic nitrogens is 2. The molecule has 2 aliphatic heterocycles. The monoisotopic (exact) mass is 339 g/mol. The van der Waals surface area contributed by atoms with Crippen LogP contribution in [0.15, 0.2) is 0 Å². The maximum absolute atomic E-state index is 12.3. The van der Waals surface area contributed by atoms with Gasteiger partial charge in [-0.25, -0.2) is 9.59 Å². The van der Waals surface area contributed by atoms with Crippen LogP contribution in [0, 0.1) is 0 Å². The van der Waals surface area contributed by atoms with Crippen LogP contribution in [-0.4, -0.2) is 68.7 Å². The van der Waals surface area contributed by atoms with E-state index < -0.39 is 5.97 Å². The summed E-state index contributed by atoms with van der Waals surface area (Å²) in [4.78, 5) is 27.6. The Morgan fingerprint density at radius 3 is 2.48 bits per heavy atom. The summed E-state index contributed by atoms with van der Waals surface area (Å²) < 4.78 is 3.59. The number of urea groups is 1. The number of rotatable bonds is 3. The van der Waals surface area contributed by atoms with Crippen molar-refractivity contribution in [2.24, 2.45) is 0 Å². The van der Waals surface area contributed by atoms with Crippen molar-refractivity contribution in [1.82, 2.24) is 19.4 Å². The van der Waals surface area contributed by atoms with E-state index in [1.807, 2.05) is 0 Å². The molecule has 8 nitrogen and oxygen atoms in total. The molecule has 0 radical (unpaired) electrons. The first-order chi connectivity index (χ1) is 11.1. The molecule has 2 amide bonds. The second-order valence-electron chi connectivity index (χ2n) is 6.00. The Balaban J connectivity index is 1.52. The summed E-state index contributed by atoms with van der Waals surface area (Å²) in [5.41, 5.74) is -0.202. The minimum atomic E-state index is -1.18. The van der Waals surface area contributed by atoms with E-state index >= 15 is 0 Å². The molecule has 1 aromatic heterocycles. The minimum absolute atomic E-state index is 0.195. The van der Waals surface area contributed by atoms with Gasteiger partial charge >= 0.3 is 12.0 Å². The van der Waals surface area contributed by atoms with Crippen LogP contribution in [0.2, 0.25) is 0 Å². The fraction of sp³-hybridized carbons (Fsp3) is 0.714. The molecule has 0 spiro atoms. The zero-order chi connectivity index (χ0) is 16.2. The van der Waals surface area contributed by atoms with Gasteiger partial charge in [0.2, 0.25) is 5.69 Å². The van der Waals surface area contributed by atoms with Crippen molar-refractivity contribution in [3.8, 4) is 0 Å². The van der Waals surface area contributed by atoms with Crippen molar-refractivity contribution >= 4 is 28.5 Å². The van der Waals surface area contributed by atoms with Crippen LogP contribution in [0.5, 0.6) is 0 Å². The maximum atomic E-state index is 12.3. The molecule has 9 heteroatoms. The Morgan fingerprint density at radius 1 is 1.13 bits per heavy atom. The lowest BCUT2D eigenvalue weighted by Crippen LogP contribution is -2.49. The first-order valence-electron chi connectivity index (χ1n) is 8.01. The van der Waals surface area contributed by atoms with Crippen LogP contribution in [0.4, 0.5) is 9.80 Å².